The molecule has 0 aliphatic rings. The van der Waals surface area contributed by atoms with Crippen LogP contribution in [0.2, 0.25) is 0 Å². The van der Waals surface area contributed by atoms with E-state index in [4.69, 9.17) is 9.15 Å². The molecule has 1 N–H and O–H groups in total. The van der Waals surface area contributed by atoms with E-state index < -0.39 is 0 Å². The highest BCUT2D eigenvalue weighted by atomic mass is 16.5. The normalized spacial score (nSPS) is 12.3. The van der Waals surface area contributed by atoms with Gasteiger partial charge in [0.2, 0.25) is 0 Å². The predicted molar refractivity (Wildman–Crippen MR) is 145 cm³/mol. The van der Waals surface area contributed by atoms with Gasteiger partial charge >= 0.3 is 0 Å². The number of tetrazole rings is 1. The first-order chi connectivity index (χ1) is 18.4. The molecule has 0 bridgehead atoms. The minimum absolute atomic E-state index is 0.0921. The fourth-order valence-electron chi connectivity index (χ4n) is 4.82. The number of ether oxygens (including phenoxy) is 1. The van der Waals surface area contributed by atoms with Gasteiger partial charge in [0, 0.05) is 24.2 Å². The number of H-pyrrole nitrogens is 1. The zero-order chi connectivity index (χ0) is 26.6. The maximum Gasteiger partial charge on any atom is 0.252 e. The van der Waals surface area contributed by atoms with Crippen LogP contribution in [0.5, 0.6) is 5.75 Å². The number of nitrogens with one attached hydrogen (secondary N) is 1. The molecule has 0 unspecified atom stereocenters. The molecular formula is C29H32N6O3. The Balaban J connectivity index is 1.53. The van der Waals surface area contributed by atoms with E-state index in [0.717, 1.165) is 45.8 Å². The number of furan rings is 1. The SMILES string of the molecule is CC[C@@H](c1nnnn1Cc1ccco1)N(Cc1ccc(OC)cc1)Cc1cc2cc(C)c(C)cc2[nH]c1=O. The van der Waals surface area contributed by atoms with Crippen LogP contribution in [-0.4, -0.2) is 37.2 Å². The van der Waals surface area contributed by atoms with E-state index in [-0.39, 0.29) is 11.6 Å². The maximum absolute atomic E-state index is 13.2. The van der Waals surface area contributed by atoms with Crippen LogP contribution in [0.4, 0.5) is 0 Å². The van der Waals surface area contributed by atoms with Crippen molar-refractivity contribution in [2.75, 3.05) is 7.11 Å². The Morgan fingerprint density at radius 3 is 2.58 bits per heavy atom. The number of benzene rings is 2. The molecule has 1 atom stereocenters. The van der Waals surface area contributed by atoms with Crippen molar-refractivity contribution in [3.05, 3.63) is 105 Å². The second-order valence-corrected chi connectivity index (χ2v) is 9.60. The van der Waals surface area contributed by atoms with Gasteiger partial charge in [0.25, 0.3) is 5.56 Å². The molecule has 5 rings (SSSR count). The fraction of sp³-hybridized carbons (Fsp3) is 0.310. The van der Waals surface area contributed by atoms with Crippen LogP contribution in [0.1, 0.15) is 53.2 Å². The van der Waals surface area contributed by atoms with Gasteiger partial charge in [0.1, 0.15) is 18.1 Å². The quantitative estimate of drug-likeness (QED) is 0.283. The van der Waals surface area contributed by atoms with Crippen LogP contribution in [0.25, 0.3) is 10.9 Å². The van der Waals surface area contributed by atoms with Crippen LogP contribution < -0.4 is 10.3 Å². The van der Waals surface area contributed by atoms with Crippen molar-refractivity contribution in [2.45, 2.75) is 52.9 Å². The lowest BCUT2D eigenvalue weighted by atomic mass is 10.0. The monoisotopic (exact) mass is 512 g/mol. The van der Waals surface area contributed by atoms with Crippen molar-refractivity contribution in [1.82, 2.24) is 30.1 Å². The molecule has 0 saturated heterocycles. The summed E-state index contributed by atoms with van der Waals surface area (Å²) >= 11 is 0. The number of fused-ring (bicyclic) bond motifs is 1. The first-order valence-electron chi connectivity index (χ1n) is 12.7. The van der Waals surface area contributed by atoms with Crippen LogP contribution >= 0.6 is 0 Å². The number of aromatic nitrogens is 5. The zero-order valence-corrected chi connectivity index (χ0v) is 22.1. The molecule has 0 spiro atoms. The molecule has 0 aliphatic heterocycles. The summed E-state index contributed by atoms with van der Waals surface area (Å²) in [7, 11) is 1.66. The van der Waals surface area contributed by atoms with E-state index in [9.17, 15) is 4.79 Å². The number of rotatable bonds is 10. The maximum atomic E-state index is 13.2. The summed E-state index contributed by atoms with van der Waals surface area (Å²) in [4.78, 5) is 18.6. The molecule has 0 fully saturated rings. The third-order valence-corrected chi connectivity index (χ3v) is 7.02. The summed E-state index contributed by atoms with van der Waals surface area (Å²) in [6.07, 6.45) is 2.39. The Hall–Kier alpha value is -4.24. The molecule has 38 heavy (non-hydrogen) atoms. The van der Waals surface area contributed by atoms with Gasteiger partial charge < -0.3 is 14.1 Å². The van der Waals surface area contributed by atoms with Gasteiger partial charge in [0.15, 0.2) is 5.82 Å². The summed E-state index contributed by atoms with van der Waals surface area (Å²) in [6.45, 7) is 7.69. The molecule has 0 amide bonds. The van der Waals surface area contributed by atoms with Crippen LogP contribution in [-0.2, 0) is 19.6 Å². The highest BCUT2D eigenvalue weighted by Gasteiger charge is 2.26. The summed E-state index contributed by atoms with van der Waals surface area (Å²) in [5.74, 6) is 2.29. The van der Waals surface area contributed by atoms with Crippen molar-refractivity contribution in [3.63, 3.8) is 0 Å². The molecule has 2 aromatic carbocycles. The Morgan fingerprint density at radius 2 is 1.87 bits per heavy atom. The number of hydrogen-bond acceptors (Lipinski definition) is 7. The molecule has 196 valence electrons. The Labute approximate surface area is 221 Å². The van der Waals surface area contributed by atoms with Crippen LogP contribution in [0, 0.1) is 13.8 Å². The minimum Gasteiger partial charge on any atom is -0.497 e. The van der Waals surface area contributed by atoms with E-state index in [2.05, 4.69) is 52.2 Å². The average molecular weight is 513 g/mol. The van der Waals surface area contributed by atoms with E-state index in [1.54, 1.807) is 18.1 Å². The van der Waals surface area contributed by atoms with E-state index in [1.807, 2.05) is 48.5 Å². The van der Waals surface area contributed by atoms with Crippen molar-refractivity contribution in [3.8, 4) is 5.75 Å². The Morgan fingerprint density at radius 1 is 1.08 bits per heavy atom. The minimum atomic E-state index is -0.142. The highest BCUT2D eigenvalue weighted by molar-refractivity contribution is 5.80. The number of pyridine rings is 1. The number of methoxy groups -OCH3 is 1. The second-order valence-electron chi connectivity index (χ2n) is 9.60. The van der Waals surface area contributed by atoms with Crippen LogP contribution in [0.3, 0.4) is 0 Å². The standard InChI is InChI=1S/C29H32N6O3/c1-5-27(28-31-32-33-35(28)18-25-7-6-12-38-25)34(16-21-8-10-24(37-4)11-9-21)17-23-15-22-13-19(2)20(3)14-26(22)30-29(23)36/h6-15,27H,5,16-18H2,1-4H3,(H,30,36)/t27-/m0/s1. The van der Waals surface area contributed by atoms with Gasteiger partial charge in [0.05, 0.1) is 19.4 Å². The first kappa shape index (κ1) is 25.4. The third kappa shape index (κ3) is 5.38. The van der Waals surface area contributed by atoms with Crippen molar-refractivity contribution in [2.24, 2.45) is 0 Å². The molecule has 0 aliphatic carbocycles. The summed E-state index contributed by atoms with van der Waals surface area (Å²) in [5, 5.41) is 13.6. The van der Waals surface area contributed by atoms with Gasteiger partial charge in [-0.15, -0.1) is 5.10 Å². The largest absolute Gasteiger partial charge is 0.497 e. The average Bonchev–Trinajstić information content (AvgIpc) is 3.59. The number of aromatic amines is 1. The van der Waals surface area contributed by atoms with E-state index in [1.165, 1.54) is 5.56 Å². The summed E-state index contributed by atoms with van der Waals surface area (Å²) in [5.41, 5.74) is 4.88. The Bertz CT molecular complexity index is 1570. The number of aryl methyl sites for hydroxylation is 2. The molecule has 5 aromatic rings. The second kappa shape index (κ2) is 11.0. The number of nitrogens with zero attached hydrogens (tertiary/aromatic N) is 5. The lowest BCUT2D eigenvalue weighted by Gasteiger charge is -2.30. The lowest BCUT2D eigenvalue weighted by Crippen LogP contribution is -2.32. The van der Waals surface area contributed by atoms with Crippen molar-refractivity contribution < 1.29 is 9.15 Å². The highest BCUT2D eigenvalue weighted by Crippen LogP contribution is 2.28. The number of hydrogen-bond donors (Lipinski definition) is 1. The van der Waals surface area contributed by atoms with E-state index in [0.29, 0.717) is 25.2 Å². The van der Waals surface area contributed by atoms with E-state index >= 15 is 0 Å². The fourth-order valence-corrected chi connectivity index (χ4v) is 4.82. The van der Waals surface area contributed by atoms with Crippen molar-refractivity contribution >= 4 is 10.9 Å². The molecule has 9 heteroatoms. The molecule has 3 heterocycles. The lowest BCUT2D eigenvalue weighted by molar-refractivity contribution is 0.161. The zero-order valence-electron chi connectivity index (χ0n) is 22.1. The molecule has 0 saturated carbocycles. The predicted octanol–water partition coefficient (Wildman–Crippen LogP) is 4.93. The van der Waals surface area contributed by atoms with Gasteiger partial charge in [-0.2, -0.15) is 0 Å². The van der Waals surface area contributed by atoms with Gasteiger partial charge in [-0.25, -0.2) is 4.68 Å². The van der Waals surface area contributed by atoms with Crippen LogP contribution in [0.15, 0.2) is 70.1 Å². The summed E-state index contributed by atoms with van der Waals surface area (Å²) in [6, 6.07) is 17.7. The summed E-state index contributed by atoms with van der Waals surface area (Å²) < 4.78 is 12.6. The third-order valence-electron chi connectivity index (χ3n) is 7.02. The molecule has 0 radical (unpaired) electrons. The topological polar surface area (TPSA) is 102 Å². The van der Waals surface area contributed by atoms with Gasteiger partial charge in [-0.05, 0) is 95.2 Å². The van der Waals surface area contributed by atoms with Crippen molar-refractivity contribution in [1.29, 1.82) is 0 Å². The van der Waals surface area contributed by atoms with Gasteiger partial charge in [-0.1, -0.05) is 19.1 Å². The molecular weight excluding hydrogens is 480 g/mol. The van der Waals surface area contributed by atoms with Gasteiger partial charge in [-0.3, -0.25) is 9.69 Å². The first-order valence-corrected chi connectivity index (χ1v) is 12.7. The molecule has 9 nitrogen and oxygen atoms in total. The molecule has 3 aromatic heterocycles. The smallest absolute Gasteiger partial charge is 0.252 e. The Kier molecular flexibility index (Phi) is 7.37.